The molecular formula is C32H30N2O8. The second kappa shape index (κ2) is 12.0. The number of carboxylic acids is 2. The van der Waals surface area contributed by atoms with Crippen LogP contribution in [0.5, 0.6) is 0 Å². The molecule has 0 aliphatic carbocycles. The molecular weight excluding hydrogens is 540 g/mol. The van der Waals surface area contributed by atoms with Crippen LogP contribution < -0.4 is 10.6 Å². The fourth-order valence-electron chi connectivity index (χ4n) is 5.65. The van der Waals surface area contributed by atoms with E-state index in [9.17, 15) is 29.4 Å². The van der Waals surface area contributed by atoms with Crippen molar-refractivity contribution < 1.29 is 38.9 Å². The third kappa shape index (κ3) is 4.95. The number of ether oxygens (including phenoxy) is 2. The first-order valence-electron chi connectivity index (χ1n) is 13.5. The van der Waals surface area contributed by atoms with Gasteiger partial charge in [0.1, 0.15) is 0 Å². The summed E-state index contributed by atoms with van der Waals surface area (Å²) in [6.45, 7) is 1.73. The number of nitrogens with one attached hydrogen (secondary N) is 2. The molecule has 0 radical (unpaired) electrons. The summed E-state index contributed by atoms with van der Waals surface area (Å²) < 4.78 is 10.2. The monoisotopic (exact) mass is 570 g/mol. The van der Waals surface area contributed by atoms with Crippen LogP contribution in [0.4, 0.5) is 0 Å². The van der Waals surface area contributed by atoms with Crippen LogP contribution in [0, 0.1) is 0 Å². The Morgan fingerprint density at radius 1 is 0.548 bits per heavy atom. The van der Waals surface area contributed by atoms with E-state index < -0.39 is 11.9 Å². The predicted molar refractivity (Wildman–Crippen MR) is 159 cm³/mol. The molecule has 0 unspecified atom stereocenters. The van der Waals surface area contributed by atoms with Crippen LogP contribution in [0.1, 0.15) is 54.3 Å². The Morgan fingerprint density at radius 2 is 0.881 bits per heavy atom. The summed E-state index contributed by atoms with van der Waals surface area (Å²) >= 11 is 0. The number of hydrogen-bond donors (Lipinski definition) is 4. The average molecular weight is 571 g/mol. The van der Waals surface area contributed by atoms with Crippen LogP contribution in [0.3, 0.4) is 0 Å². The van der Waals surface area contributed by atoms with E-state index in [0.717, 1.165) is 0 Å². The van der Waals surface area contributed by atoms with Gasteiger partial charge in [0.05, 0.1) is 11.1 Å². The van der Waals surface area contributed by atoms with Gasteiger partial charge in [0.15, 0.2) is 0 Å². The highest BCUT2D eigenvalue weighted by Gasteiger charge is 2.25. The van der Waals surface area contributed by atoms with Crippen molar-refractivity contribution in [2.45, 2.75) is 12.8 Å². The van der Waals surface area contributed by atoms with E-state index in [2.05, 4.69) is 10.6 Å². The fourth-order valence-corrected chi connectivity index (χ4v) is 5.65. The Balaban J connectivity index is 1.83. The van der Waals surface area contributed by atoms with E-state index in [1.165, 1.54) is 12.1 Å². The van der Waals surface area contributed by atoms with Crippen LogP contribution in [-0.2, 0) is 9.47 Å². The summed E-state index contributed by atoms with van der Waals surface area (Å²) in [5.74, 6) is -3.17. The zero-order chi connectivity index (χ0) is 30.0. The number of amides is 2. The number of carboxylic acid groups (broad SMARTS) is 2. The van der Waals surface area contributed by atoms with Crippen molar-refractivity contribution in [1.82, 2.24) is 10.6 Å². The Hall–Kier alpha value is -4.80. The third-order valence-corrected chi connectivity index (χ3v) is 7.47. The van der Waals surface area contributed by atoms with Crippen LogP contribution in [0.25, 0.3) is 43.1 Å². The average Bonchev–Trinajstić information content (AvgIpc) is 2.98. The van der Waals surface area contributed by atoms with E-state index in [-0.39, 0.29) is 28.3 Å². The molecule has 0 fully saturated rings. The molecule has 0 saturated heterocycles. The summed E-state index contributed by atoms with van der Waals surface area (Å²) in [6, 6.07) is 12.9. The van der Waals surface area contributed by atoms with Crippen molar-refractivity contribution in [3.8, 4) is 0 Å². The van der Waals surface area contributed by atoms with Crippen LogP contribution in [0.2, 0.25) is 0 Å². The molecule has 10 heteroatoms. The molecule has 0 aliphatic rings. The van der Waals surface area contributed by atoms with E-state index >= 15 is 0 Å². The summed E-state index contributed by atoms with van der Waals surface area (Å²) in [5.41, 5.74) is 0.400. The quantitative estimate of drug-likeness (QED) is 0.0960. The van der Waals surface area contributed by atoms with Gasteiger partial charge in [0.2, 0.25) is 0 Å². The number of hydrogen-bond acceptors (Lipinski definition) is 6. The number of rotatable bonds is 12. The zero-order valence-corrected chi connectivity index (χ0v) is 23.2. The van der Waals surface area contributed by atoms with Gasteiger partial charge in [-0.25, -0.2) is 9.59 Å². The number of benzene rings is 5. The minimum Gasteiger partial charge on any atom is -0.478 e. The molecule has 4 N–H and O–H groups in total. The molecule has 0 aromatic heterocycles. The lowest BCUT2D eigenvalue weighted by molar-refractivity contribution is 0.0695. The van der Waals surface area contributed by atoms with Gasteiger partial charge < -0.3 is 30.3 Å². The largest absolute Gasteiger partial charge is 0.478 e. The van der Waals surface area contributed by atoms with Crippen LogP contribution in [0.15, 0.2) is 48.5 Å². The van der Waals surface area contributed by atoms with Crippen molar-refractivity contribution in [3.63, 3.8) is 0 Å². The van der Waals surface area contributed by atoms with Crippen LogP contribution in [-0.4, -0.2) is 74.5 Å². The standard InChI is InChI=1S/C32H30N2O8/c1-41-15-3-13-33-29(35)21-9-5-17-19-7-11-23(31(37)38)28-24(32(39)40)12-8-20(26(19)28)18-6-10-22(27(21)25(17)18)30(36)34-14-4-16-42-2/h5-12H,3-4,13-16H2,1-2H3,(H,33,35)(H,34,36)(H,37,38)(H,39,40). The second-order valence-electron chi connectivity index (χ2n) is 9.96. The van der Waals surface area contributed by atoms with Crippen LogP contribution >= 0.6 is 0 Å². The Labute approximate surface area is 240 Å². The lowest BCUT2D eigenvalue weighted by atomic mass is 9.84. The lowest BCUT2D eigenvalue weighted by Crippen LogP contribution is -2.28. The van der Waals surface area contributed by atoms with Gasteiger partial charge in [-0.3, -0.25) is 9.59 Å². The summed E-state index contributed by atoms with van der Waals surface area (Å²) in [5, 5.41) is 30.0. The summed E-state index contributed by atoms with van der Waals surface area (Å²) in [4.78, 5) is 51.2. The molecule has 0 atom stereocenters. The number of aromatic carboxylic acids is 2. The summed E-state index contributed by atoms with van der Waals surface area (Å²) in [7, 11) is 3.17. The molecule has 42 heavy (non-hydrogen) atoms. The highest BCUT2D eigenvalue weighted by molar-refractivity contribution is 6.38. The molecule has 5 aromatic carbocycles. The van der Waals surface area contributed by atoms with Gasteiger partial charge in [0, 0.05) is 62.4 Å². The molecule has 0 bridgehead atoms. The molecule has 0 spiro atoms. The van der Waals surface area contributed by atoms with Crippen molar-refractivity contribution in [2.24, 2.45) is 0 Å². The molecule has 0 heterocycles. The fraction of sp³-hybridized carbons (Fsp3) is 0.250. The molecule has 5 aromatic rings. The molecule has 2 amide bonds. The topological polar surface area (TPSA) is 151 Å². The van der Waals surface area contributed by atoms with Gasteiger partial charge >= 0.3 is 11.9 Å². The highest BCUT2D eigenvalue weighted by Crippen LogP contribution is 2.44. The maximum atomic E-state index is 13.5. The van der Waals surface area contributed by atoms with Crippen molar-refractivity contribution in [3.05, 3.63) is 70.8 Å². The molecule has 0 saturated carbocycles. The normalized spacial score (nSPS) is 11.5. The van der Waals surface area contributed by atoms with E-state index in [0.29, 0.717) is 88.0 Å². The van der Waals surface area contributed by atoms with Gasteiger partial charge in [-0.15, -0.1) is 0 Å². The van der Waals surface area contributed by atoms with Crippen molar-refractivity contribution in [2.75, 3.05) is 40.5 Å². The maximum Gasteiger partial charge on any atom is 0.336 e. The minimum atomic E-state index is -1.24. The molecule has 0 aliphatic heterocycles. The lowest BCUT2D eigenvalue weighted by Gasteiger charge is -2.20. The smallest absolute Gasteiger partial charge is 0.336 e. The number of carbonyl (C=O) groups is 4. The maximum absolute atomic E-state index is 13.5. The first-order valence-corrected chi connectivity index (χ1v) is 13.5. The third-order valence-electron chi connectivity index (χ3n) is 7.47. The Kier molecular flexibility index (Phi) is 8.19. The van der Waals surface area contributed by atoms with Crippen molar-refractivity contribution >= 4 is 66.8 Å². The van der Waals surface area contributed by atoms with E-state index in [1.807, 2.05) is 0 Å². The molecule has 216 valence electrons. The van der Waals surface area contributed by atoms with Gasteiger partial charge in [0.25, 0.3) is 11.8 Å². The van der Waals surface area contributed by atoms with Gasteiger partial charge in [-0.1, -0.05) is 24.3 Å². The molecule has 10 nitrogen and oxygen atoms in total. The number of fused-ring (bicyclic) bond motifs is 2. The first-order chi connectivity index (χ1) is 20.3. The SMILES string of the molecule is COCCCNC(=O)c1ccc2c3ccc(C(=O)O)c4c(C(=O)O)ccc(c5ccc(C(=O)NCCCOC)c1c25)c43. The highest BCUT2D eigenvalue weighted by atomic mass is 16.5. The minimum absolute atomic E-state index is 0.119. The van der Waals surface area contributed by atoms with Gasteiger partial charge in [-0.05, 0) is 69.4 Å². The first kappa shape index (κ1) is 28.7. The Morgan fingerprint density at radius 3 is 1.21 bits per heavy atom. The van der Waals surface area contributed by atoms with Crippen molar-refractivity contribution in [1.29, 1.82) is 0 Å². The van der Waals surface area contributed by atoms with E-state index in [1.54, 1.807) is 50.6 Å². The second-order valence-corrected chi connectivity index (χ2v) is 9.96. The number of methoxy groups -OCH3 is 2. The number of carbonyl (C=O) groups excluding carboxylic acids is 2. The Bertz CT molecular complexity index is 1740. The van der Waals surface area contributed by atoms with E-state index in [4.69, 9.17) is 9.47 Å². The summed E-state index contributed by atoms with van der Waals surface area (Å²) in [6.07, 6.45) is 1.23. The zero-order valence-electron chi connectivity index (χ0n) is 23.2. The van der Waals surface area contributed by atoms with Gasteiger partial charge in [-0.2, -0.15) is 0 Å². The molecule has 5 rings (SSSR count). The predicted octanol–water partition coefficient (Wildman–Crippen LogP) is 4.67.